The van der Waals surface area contributed by atoms with Gasteiger partial charge >= 0.3 is 11.9 Å². The van der Waals surface area contributed by atoms with Gasteiger partial charge in [-0.2, -0.15) is 0 Å². The van der Waals surface area contributed by atoms with E-state index in [0.29, 0.717) is 0 Å². The van der Waals surface area contributed by atoms with Crippen LogP contribution < -0.4 is 23.7 Å². The average Bonchev–Trinajstić information content (AvgIpc) is 2.58. The highest BCUT2D eigenvalue weighted by Gasteiger charge is 2.01. The van der Waals surface area contributed by atoms with Crippen LogP contribution in [0.4, 0.5) is 0 Å². The lowest BCUT2D eigenvalue weighted by Crippen LogP contribution is -2.21. The van der Waals surface area contributed by atoms with Crippen molar-refractivity contribution < 1.29 is 46.3 Å². The van der Waals surface area contributed by atoms with E-state index in [9.17, 15) is 19.2 Å². The molecule has 0 aromatic carbocycles. The molecule has 0 saturated carbocycles. The van der Waals surface area contributed by atoms with E-state index in [2.05, 4.69) is 12.3 Å². The Hall–Kier alpha value is -2.73. The summed E-state index contributed by atoms with van der Waals surface area (Å²) in [6, 6.07) is 0. The molecule has 0 bridgehead atoms. The number of hydrogen-bond acceptors (Lipinski definition) is 7. The summed E-state index contributed by atoms with van der Waals surface area (Å²) in [4.78, 5) is 48.1. The first-order valence-electron chi connectivity index (χ1n) is 7.26. The summed E-state index contributed by atoms with van der Waals surface area (Å²) < 4.78 is 28.7. The third-order valence-corrected chi connectivity index (χ3v) is 0.624. The van der Waals surface area contributed by atoms with Crippen LogP contribution in [0.1, 0.15) is 28.5 Å². The summed E-state index contributed by atoms with van der Waals surface area (Å²) in [6.45, 7) is 1.08. The molecule has 13 N–H and O–H groups in total. The van der Waals surface area contributed by atoms with Crippen LogP contribution in [0.15, 0.2) is 0 Å². The molecule has 21 heavy (non-hydrogen) atoms. The van der Waals surface area contributed by atoms with E-state index in [1.807, 2.05) is 0 Å². The minimum atomic E-state index is -1.31. The zero-order valence-electron chi connectivity index (χ0n) is 16.5. The van der Waals surface area contributed by atoms with E-state index in [1.54, 1.807) is 0 Å². The van der Waals surface area contributed by atoms with Gasteiger partial charge in [0.15, 0.2) is 2.82 Å². The van der Waals surface area contributed by atoms with Gasteiger partial charge in [0, 0.05) is 8.29 Å². The Labute approximate surface area is 128 Å². The van der Waals surface area contributed by atoms with Crippen molar-refractivity contribution in [1.29, 1.82) is 0 Å². The molecule has 0 saturated heterocycles. The molecule has 128 valence electrons. The van der Waals surface area contributed by atoms with Gasteiger partial charge in [-0.25, -0.2) is 0 Å². The van der Waals surface area contributed by atoms with Gasteiger partial charge in [-0.15, -0.1) is 0 Å². The number of rotatable bonds is 4. The van der Waals surface area contributed by atoms with E-state index in [-0.39, 0.29) is 0 Å². The summed E-state index contributed by atoms with van der Waals surface area (Å²) in [6.07, 6.45) is 6.23. The number of amides is 2. The standard InChI is InChI=1S/C3H6N2O2.C3H4O4.C2H4O2.CH4.2H3N/c4-2(6)1-3(5)7;4-2(5)1-3(6)7;1-2(3)4;;;/h1H2,(H2,4,6)(H2,5,7);1H2,(H,4,5)(H,6,7);1H3,(H,3,4);1H4;2*1H3/i;;;1T;;/hT4. The van der Waals surface area contributed by atoms with Crippen LogP contribution in [0.25, 0.3) is 0 Å². The fourth-order valence-electron chi connectivity index (χ4n) is 0.275. The molecular weight excluding hydrogens is 292 g/mol. The van der Waals surface area contributed by atoms with Gasteiger partial charge in [-0.3, -0.25) is 24.0 Å². The molecule has 0 aliphatic heterocycles. The molecule has 0 aromatic rings. The lowest BCUT2D eigenvalue weighted by atomic mass is 10.4. The minimum absolute atomic E-state index is 0.465. The van der Waals surface area contributed by atoms with Crippen molar-refractivity contribution in [2.45, 2.75) is 27.2 Å². The monoisotopic (exact) mass is 326 g/mol. The summed E-state index contributed by atoms with van der Waals surface area (Å²) in [5, 5.41) is 22.8. The molecule has 12 nitrogen and oxygen atoms in total. The van der Waals surface area contributed by atoms with Crippen molar-refractivity contribution in [3.05, 3.63) is 0 Å². The van der Waals surface area contributed by atoms with Crippen molar-refractivity contribution in [3.8, 4) is 0 Å². The Bertz CT molecular complexity index is 346. The number of carbonyl (C=O) groups is 5. The summed E-state index contributed by atoms with van der Waals surface area (Å²) in [7, 11) is 1.25. The van der Waals surface area contributed by atoms with Gasteiger partial charge in [-0.05, 0) is 0 Å². The van der Waals surface area contributed by atoms with Crippen LogP contribution >= 0.6 is 0 Å². The van der Waals surface area contributed by atoms with Gasteiger partial charge < -0.3 is 39.1 Å². The maximum absolute atomic E-state index is 10.1. The highest BCUT2D eigenvalue weighted by Crippen LogP contribution is 1.74. The zero-order valence-corrected chi connectivity index (χ0v) is 11.5. The molecule has 0 radical (unpaired) electrons. The molecule has 0 fully saturated rings. The van der Waals surface area contributed by atoms with Crippen LogP contribution in [-0.2, 0) is 24.0 Å². The number of primary amides is 2. The van der Waals surface area contributed by atoms with Crippen molar-refractivity contribution in [2.24, 2.45) is 11.5 Å². The molecule has 0 aromatic heterocycles. The molecule has 0 aliphatic rings. The second-order valence-electron chi connectivity index (χ2n) is 2.51. The third-order valence-electron chi connectivity index (χ3n) is 0.624. The molecule has 0 unspecified atom stereocenters. The quantitative estimate of drug-likeness (QED) is 0.307. The van der Waals surface area contributed by atoms with Crippen molar-refractivity contribution in [3.63, 3.8) is 0 Å². The first-order valence-corrected chi connectivity index (χ1v) is 4.11. The Morgan fingerprint density at radius 2 is 1.19 bits per heavy atom. The van der Waals surface area contributed by atoms with Crippen LogP contribution in [-0.4, -0.2) is 45.0 Å². The Morgan fingerprint density at radius 1 is 0.952 bits per heavy atom. The average molecular weight is 326 g/mol. The highest BCUT2D eigenvalue weighted by molar-refractivity contribution is 5.95. The van der Waals surface area contributed by atoms with Gasteiger partial charge in [-0.1, -0.05) is 7.40 Å². The largest absolute Gasteiger partial charge is 0.481 e. The number of carbonyl (C=O) groups excluding carboxylic acids is 2. The highest BCUT2D eigenvalue weighted by atomic mass is 16.4. The molecular formula is C9H24N4O8. The smallest absolute Gasteiger partial charge is 0.314 e. The minimum Gasteiger partial charge on any atom is -0.481 e. The molecule has 0 spiro atoms. The van der Waals surface area contributed by atoms with E-state index >= 15 is 0 Å². The second-order valence-corrected chi connectivity index (χ2v) is 2.51. The topological polar surface area (TPSA) is 268 Å². The lowest BCUT2D eigenvalue weighted by molar-refractivity contribution is -0.147. The predicted molar refractivity (Wildman–Crippen MR) is 73.0 cm³/mol. The van der Waals surface area contributed by atoms with E-state index in [0.717, 1.165) is 6.92 Å². The lowest BCUT2D eigenvalue weighted by Gasteiger charge is -1.82. The first-order chi connectivity index (χ1) is 12.1. The second kappa shape index (κ2) is 22.5. The molecule has 0 atom stereocenters. The third kappa shape index (κ3) is 145. The zero-order chi connectivity index (χ0) is 22.7. The molecule has 2 amide bonds. The van der Waals surface area contributed by atoms with Crippen LogP contribution in [0.2, 0.25) is 5.65 Å². The van der Waals surface area contributed by atoms with E-state index < -0.39 is 42.6 Å². The normalized spacial score (nSPS) is 8.48. The maximum Gasteiger partial charge on any atom is 0.314 e. The van der Waals surface area contributed by atoms with Crippen molar-refractivity contribution in [2.75, 3.05) is 0 Å². The molecule has 0 heterocycles. The van der Waals surface area contributed by atoms with Gasteiger partial charge in [0.2, 0.25) is 11.8 Å². The van der Waals surface area contributed by atoms with Gasteiger partial charge in [0.1, 0.15) is 15.7 Å². The van der Waals surface area contributed by atoms with Gasteiger partial charge in [0.25, 0.3) is 5.97 Å². The van der Waals surface area contributed by atoms with Crippen molar-refractivity contribution in [1.82, 2.24) is 12.3 Å². The molecule has 12 heteroatoms. The fraction of sp³-hybridized carbons (Fsp3) is 0.444. The molecule has 0 rings (SSSR count). The summed E-state index contributed by atoms with van der Waals surface area (Å²) >= 11 is 0. The number of aliphatic carboxylic acids is 3. The predicted octanol–water partition coefficient (Wildman–Crippen LogP) is -1.06. The van der Waals surface area contributed by atoms with Crippen LogP contribution in [0.3, 0.4) is 0 Å². The van der Waals surface area contributed by atoms with E-state index in [1.165, 1.54) is 18.9 Å². The summed E-state index contributed by atoms with van der Waals surface area (Å²) in [5.41, 5.74) is 2.99. The van der Waals surface area contributed by atoms with Crippen molar-refractivity contribution >= 4 is 29.7 Å². The SMILES string of the molecule is CC(=O)O.O=C(O)CC(=O)O.[3H]C.[3H]N.[3H]N.[3H]NC(=O)CC(=O)N[3H]. The molecule has 0 aliphatic carbocycles. The maximum atomic E-state index is 10.1. The van der Waals surface area contributed by atoms with Gasteiger partial charge in [0.05, 0.1) is 0 Å². The Kier molecular flexibility index (Phi) is 19.5. The number of nitrogens with two attached hydrogens (primary N) is 2. The number of carboxylic acid groups (broad SMARTS) is 3. The summed E-state index contributed by atoms with van der Waals surface area (Å²) in [5.74, 6) is -4.90. The fourth-order valence-corrected chi connectivity index (χ4v) is 0.275. The van der Waals surface area contributed by atoms with Crippen LogP contribution in [0, 0.1) is 0 Å². The number of carboxylic acids is 3. The first kappa shape index (κ1) is 18.3. The van der Waals surface area contributed by atoms with Crippen LogP contribution in [0.5, 0.6) is 0 Å². The van der Waals surface area contributed by atoms with E-state index in [4.69, 9.17) is 27.1 Å². The Balaban J connectivity index is -0.0000000524. The Morgan fingerprint density at radius 3 is 1.29 bits per heavy atom. The number of hydrogen-bond donors (Lipinski definition) is 7.